The van der Waals surface area contributed by atoms with Gasteiger partial charge in [0.05, 0.1) is 18.1 Å². The number of fused-ring (bicyclic) bond motifs is 1. The lowest BCUT2D eigenvalue weighted by Gasteiger charge is -2.26. The Morgan fingerprint density at radius 1 is 1.18 bits per heavy atom. The number of nitrogens with one attached hydrogen (secondary N) is 2. The van der Waals surface area contributed by atoms with Gasteiger partial charge in [0.1, 0.15) is 0 Å². The summed E-state index contributed by atoms with van der Waals surface area (Å²) >= 11 is 0. The monoisotopic (exact) mass is 450 g/mol. The molecule has 2 N–H and O–H groups in total. The average Bonchev–Trinajstić information content (AvgIpc) is 3.26. The Morgan fingerprint density at radius 2 is 1.97 bits per heavy atom. The van der Waals surface area contributed by atoms with E-state index in [9.17, 15) is 14.9 Å². The number of non-ortho nitro benzene ring substituents is 1. The molecule has 0 saturated carbocycles. The lowest BCUT2D eigenvalue weighted by atomic mass is 9.89. The van der Waals surface area contributed by atoms with E-state index >= 15 is 0 Å². The fourth-order valence-electron chi connectivity index (χ4n) is 4.41. The molecule has 1 aromatic heterocycles. The normalized spacial score (nSPS) is 15.4. The highest BCUT2D eigenvalue weighted by atomic mass is 16.6. The van der Waals surface area contributed by atoms with E-state index in [1.807, 2.05) is 24.4 Å². The number of nitro benzene ring substituents is 1. The van der Waals surface area contributed by atoms with Crippen LogP contribution in [-0.2, 0) is 16.0 Å². The molecule has 1 aliphatic rings. The van der Waals surface area contributed by atoms with Crippen molar-refractivity contribution in [3.63, 3.8) is 0 Å². The Morgan fingerprint density at radius 3 is 2.73 bits per heavy atom. The van der Waals surface area contributed by atoms with Gasteiger partial charge in [0.15, 0.2) is 0 Å². The number of hydrogen-bond acceptors (Lipinski definition) is 5. The van der Waals surface area contributed by atoms with Crippen LogP contribution in [0.4, 0.5) is 5.69 Å². The molecule has 0 unspecified atom stereocenters. The second-order valence-corrected chi connectivity index (χ2v) is 8.46. The van der Waals surface area contributed by atoms with Crippen LogP contribution in [-0.4, -0.2) is 60.1 Å². The van der Waals surface area contributed by atoms with Crippen LogP contribution in [0.5, 0.6) is 0 Å². The van der Waals surface area contributed by atoms with Crippen molar-refractivity contribution in [2.75, 3.05) is 39.4 Å². The van der Waals surface area contributed by atoms with Crippen LogP contribution in [0.3, 0.4) is 0 Å². The van der Waals surface area contributed by atoms with Crippen molar-refractivity contribution in [3.05, 3.63) is 76.0 Å². The average molecular weight is 451 g/mol. The molecule has 2 heterocycles. The summed E-state index contributed by atoms with van der Waals surface area (Å²) in [6.45, 7) is 4.67. The highest BCUT2D eigenvalue weighted by Gasteiger charge is 2.21. The predicted octanol–water partition coefficient (Wildman–Crippen LogP) is 3.63. The number of morpholine rings is 1. The minimum Gasteiger partial charge on any atom is -0.379 e. The van der Waals surface area contributed by atoms with Gasteiger partial charge < -0.3 is 15.0 Å². The van der Waals surface area contributed by atoms with Gasteiger partial charge in [-0.25, -0.2) is 0 Å². The van der Waals surface area contributed by atoms with Crippen LogP contribution in [0, 0.1) is 10.1 Å². The van der Waals surface area contributed by atoms with Crippen molar-refractivity contribution in [3.8, 4) is 0 Å². The minimum atomic E-state index is -0.381. The van der Waals surface area contributed by atoms with Gasteiger partial charge in [-0.15, -0.1) is 0 Å². The molecule has 0 spiro atoms. The number of aromatic nitrogens is 1. The maximum absolute atomic E-state index is 12.8. The number of nitrogens with zero attached hydrogens (tertiary/aromatic N) is 2. The van der Waals surface area contributed by atoms with E-state index in [0.717, 1.165) is 62.2 Å². The van der Waals surface area contributed by atoms with Crippen molar-refractivity contribution in [2.45, 2.75) is 25.2 Å². The molecule has 1 saturated heterocycles. The summed E-state index contributed by atoms with van der Waals surface area (Å²) < 4.78 is 5.37. The second-order valence-electron chi connectivity index (χ2n) is 8.46. The zero-order chi connectivity index (χ0) is 23.0. The van der Waals surface area contributed by atoms with Gasteiger partial charge >= 0.3 is 0 Å². The van der Waals surface area contributed by atoms with Gasteiger partial charge in [-0.2, -0.15) is 0 Å². The van der Waals surface area contributed by atoms with Gasteiger partial charge in [0.2, 0.25) is 5.91 Å². The summed E-state index contributed by atoms with van der Waals surface area (Å²) in [5.74, 6) is -0.0505. The van der Waals surface area contributed by atoms with Gasteiger partial charge in [-0.05, 0) is 36.0 Å². The Balaban J connectivity index is 1.47. The summed E-state index contributed by atoms with van der Waals surface area (Å²) in [7, 11) is 0. The van der Waals surface area contributed by atoms with Crippen molar-refractivity contribution in [2.24, 2.45) is 0 Å². The molecule has 0 radical (unpaired) electrons. The molecule has 8 nitrogen and oxygen atoms in total. The quantitative estimate of drug-likeness (QED) is 0.363. The van der Waals surface area contributed by atoms with E-state index in [2.05, 4.69) is 27.3 Å². The standard InChI is InChI=1S/C25H30N4O4/c30-25(26-10-11-28-12-14-33-15-13-28)16-20(7-6-19-4-2-1-3-5-19)23-18-27-24-9-8-21(29(31)32)17-22(23)24/h1-5,8-9,17-18,20,27H,6-7,10-16H2,(H,26,30)/t20-/m0/s1. The third-order valence-electron chi connectivity index (χ3n) is 6.26. The fraction of sp³-hybridized carbons (Fsp3) is 0.400. The highest BCUT2D eigenvalue weighted by molar-refractivity contribution is 5.87. The number of carbonyl (C=O) groups is 1. The van der Waals surface area contributed by atoms with Crippen molar-refractivity contribution < 1.29 is 14.5 Å². The topological polar surface area (TPSA) is 100 Å². The van der Waals surface area contributed by atoms with Gasteiger partial charge in [0, 0.05) is 61.8 Å². The van der Waals surface area contributed by atoms with E-state index in [0.29, 0.717) is 13.0 Å². The number of benzene rings is 2. The van der Waals surface area contributed by atoms with E-state index in [-0.39, 0.29) is 22.4 Å². The van der Waals surface area contributed by atoms with E-state index in [1.165, 1.54) is 11.6 Å². The first-order valence-electron chi connectivity index (χ1n) is 11.5. The molecule has 4 rings (SSSR count). The van der Waals surface area contributed by atoms with E-state index in [4.69, 9.17) is 4.74 Å². The lowest BCUT2D eigenvalue weighted by molar-refractivity contribution is -0.384. The number of rotatable bonds is 10. The van der Waals surface area contributed by atoms with Gasteiger partial charge in [-0.3, -0.25) is 19.8 Å². The zero-order valence-corrected chi connectivity index (χ0v) is 18.7. The summed E-state index contributed by atoms with van der Waals surface area (Å²) in [4.78, 5) is 29.3. The number of hydrogen-bond donors (Lipinski definition) is 2. The Hall–Kier alpha value is -3.23. The zero-order valence-electron chi connectivity index (χ0n) is 18.7. The van der Waals surface area contributed by atoms with E-state index in [1.54, 1.807) is 12.1 Å². The molecule has 174 valence electrons. The SMILES string of the molecule is O=C(C[C@H](CCc1ccccc1)c1c[nH]c2ccc([N+](=O)[O-])cc12)NCCN1CCOCC1. The van der Waals surface area contributed by atoms with Crippen molar-refractivity contribution in [1.82, 2.24) is 15.2 Å². The molecule has 1 amide bonds. The molecule has 8 heteroatoms. The molecule has 1 aliphatic heterocycles. The van der Waals surface area contributed by atoms with Crippen molar-refractivity contribution in [1.29, 1.82) is 0 Å². The third-order valence-corrected chi connectivity index (χ3v) is 6.26. The number of aromatic amines is 1. The van der Waals surface area contributed by atoms with Crippen LogP contribution >= 0.6 is 0 Å². The molecule has 1 fully saturated rings. The van der Waals surface area contributed by atoms with Crippen LogP contribution in [0.25, 0.3) is 10.9 Å². The fourth-order valence-corrected chi connectivity index (χ4v) is 4.41. The molecule has 33 heavy (non-hydrogen) atoms. The highest BCUT2D eigenvalue weighted by Crippen LogP contribution is 2.33. The molecule has 0 aliphatic carbocycles. The minimum absolute atomic E-state index is 0.00102. The van der Waals surface area contributed by atoms with E-state index < -0.39 is 0 Å². The van der Waals surface area contributed by atoms with Crippen molar-refractivity contribution >= 4 is 22.5 Å². The number of ether oxygens (including phenoxy) is 1. The number of amides is 1. The van der Waals surface area contributed by atoms with Crippen LogP contribution in [0.2, 0.25) is 0 Å². The number of carbonyl (C=O) groups excluding carboxylic acids is 1. The lowest BCUT2D eigenvalue weighted by Crippen LogP contribution is -2.41. The van der Waals surface area contributed by atoms with Crippen LogP contribution in [0.15, 0.2) is 54.7 Å². The first-order valence-corrected chi connectivity index (χ1v) is 11.5. The van der Waals surface area contributed by atoms with Gasteiger partial charge in [-0.1, -0.05) is 30.3 Å². The number of aryl methyl sites for hydroxylation is 1. The summed E-state index contributed by atoms with van der Waals surface area (Å²) in [6, 6.07) is 15.0. The molecule has 3 aromatic rings. The summed E-state index contributed by atoms with van der Waals surface area (Å²) in [5, 5.41) is 15.2. The Bertz CT molecular complexity index is 1080. The first-order chi connectivity index (χ1) is 16.1. The smallest absolute Gasteiger partial charge is 0.270 e. The Labute approximate surface area is 193 Å². The maximum atomic E-state index is 12.8. The summed E-state index contributed by atoms with van der Waals surface area (Å²) in [5.41, 5.74) is 3.06. The molecular formula is C25H30N4O4. The third kappa shape index (κ3) is 6.18. The largest absolute Gasteiger partial charge is 0.379 e. The maximum Gasteiger partial charge on any atom is 0.270 e. The first kappa shape index (κ1) is 22.9. The number of nitro groups is 1. The predicted molar refractivity (Wildman–Crippen MR) is 127 cm³/mol. The molecule has 2 aromatic carbocycles. The molecule has 1 atom stereocenters. The number of H-pyrrole nitrogens is 1. The molecule has 0 bridgehead atoms. The van der Waals surface area contributed by atoms with Gasteiger partial charge in [0.25, 0.3) is 5.69 Å². The second kappa shape index (κ2) is 11.1. The summed E-state index contributed by atoms with van der Waals surface area (Å²) in [6.07, 6.45) is 3.83. The van der Waals surface area contributed by atoms with Crippen LogP contribution in [0.1, 0.15) is 29.9 Å². The van der Waals surface area contributed by atoms with Crippen LogP contribution < -0.4 is 5.32 Å². The Kier molecular flexibility index (Phi) is 7.70. The molecular weight excluding hydrogens is 420 g/mol.